The summed E-state index contributed by atoms with van der Waals surface area (Å²) < 4.78 is 5.08. The highest BCUT2D eigenvalue weighted by atomic mass is 35.5. The van der Waals surface area contributed by atoms with Crippen LogP contribution in [-0.2, 0) is 17.6 Å². The summed E-state index contributed by atoms with van der Waals surface area (Å²) in [5, 5.41) is 5.61. The Labute approximate surface area is 192 Å². The van der Waals surface area contributed by atoms with Gasteiger partial charge in [-0.2, -0.15) is 0 Å². The van der Waals surface area contributed by atoms with Gasteiger partial charge in [0.2, 0.25) is 0 Å². The number of thiophene rings is 1. The van der Waals surface area contributed by atoms with E-state index in [1.165, 1.54) is 17.7 Å². The van der Waals surface area contributed by atoms with Gasteiger partial charge in [0.15, 0.2) is 5.11 Å². The predicted octanol–water partition coefficient (Wildman–Crippen LogP) is 4.83. The normalized spacial score (nSPS) is 18.7. The van der Waals surface area contributed by atoms with Gasteiger partial charge in [-0.15, -0.1) is 11.3 Å². The summed E-state index contributed by atoms with van der Waals surface area (Å²) in [6, 6.07) is 7.94. The molecule has 0 bridgehead atoms. The van der Waals surface area contributed by atoms with Crippen LogP contribution in [-0.4, -0.2) is 49.3 Å². The number of nitrogens with zero attached hydrogens (tertiary/aromatic N) is 2. The lowest BCUT2D eigenvalue weighted by Gasteiger charge is -2.37. The van der Waals surface area contributed by atoms with Gasteiger partial charge < -0.3 is 19.9 Å². The molecule has 1 atom stereocenters. The lowest BCUT2D eigenvalue weighted by atomic mass is 9.88. The van der Waals surface area contributed by atoms with Crippen LogP contribution < -0.4 is 10.2 Å². The number of esters is 1. The van der Waals surface area contributed by atoms with E-state index >= 15 is 0 Å². The summed E-state index contributed by atoms with van der Waals surface area (Å²) >= 11 is 13.4. The number of fused-ring (bicyclic) bond motifs is 1. The molecule has 0 radical (unpaired) electrons. The number of rotatable bonds is 3. The molecule has 8 heteroatoms. The van der Waals surface area contributed by atoms with Crippen LogP contribution in [0.15, 0.2) is 24.3 Å². The van der Waals surface area contributed by atoms with Crippen molar-refractivity contribution in [2.45, 2.75) is 26.2 Å². The van der Waals surface area contributed by atoms with Gasteiger partial charge in [0.25, 0.3) is 0 Å². The standard InChI is InChI=1S/C22H26ClN3O2S2/c1-14-3-8-17-18(13-14)30-20(19(17)21(27)28-2)24-22(29)26-11-9-25(10-12-26)16-6-4-15(23)5-7-16/h4-7,14H,3,8-13H2,1-2H3,(H,24,29). The molecule has 1 aromatic heterocycles. The van der Waals surface area contributed by atoms with Crippen LogP contribution in [0.4, 0.5) is 10.7 Å². The summed E-state index contributed by atoms with van der Waals surface area (Å²) in [6.07, 6.45) is 3.04. The lowest BCUT2D eigenvalue weighted by Crippen LogP contribution is -2.50. The molecule has 2 heterocycles. The highest BCUT2D eigenvalue weighted by Crippen LogP contribution is 2.40. The number of thiocarbonyl (C=S) groups is 1. The van der Waals surface area contributed by atoms with E-state index in [1.807, 2.05) is 24.3 Å². The van der Waals surface area contributed by atoms with E-state index < -0.39 is 0 Å². The predicted molar refractivity (Wildman–Crippen MR) is 128 cm³/mol. The second-order valence-corrected chi connectivity index (χ2v) is 9.86. The molecule has 4 rings (SSSR count). The molecule has 1 saturated heterocycles. The molecule has 0 saturated carbocycles. The van der Waals surface area contributed by atoms with Crippen LogP contribution in [0.2, 0.25) is 5.02 Å². The molecule has 0 amide bonds. The van der Waals surface area contributed by atoms with Crippen molar-refractivity contribution >= 4 is 56.9 Å². The minimum absolute atomic E-state index is 0.278. The summed E-state index contributed by atoms with van der Waals surface area (Å²) in [5.41, 5.74) is 2.99. The fraction of sp³-hybridized carbons (Fsp3) is 0.455. The Balaban J connectivity index is 1.44. The third kappa shape index (κ3) is 4.43. The van der Waals surface area contributed by atoms with Gasteiger partial charge in [-0.1, -0.05) is 18.5 Å². The SMILES string of the molecule is COC(=O)c1c(NC(=S)N2CCN(c3ccc(Cl)cc3)CC2)sc2c1CCC(C)C2. The molecule has 1 N–H and O–H groups in total. The first-order chi connectivity index (χ1) is 14.5. The number of ether oxygens (including phenoxy) is 1. The van der Waals surface area contributed by atoms with Gasteiger partial charge in [0.1, 0.15) is 5.00 Å². The first-order valence-corrected chi connectivity index (χ1v) is 11.9. The van der Waals surface area contributed by atoms with E-state index in [9.17, 15) is 4.79 Å². The number of hydrogen-bond donors (Lipinski definition) is 1. The molecule has 160 valence electrons. The molecule has 1 aliphatic carbocycles. The second kappa shape index (κ2) is 9.12. The highest BCUT2D eigenvalue weighted by Gasteiger charge is 2.29. The van der Waals surface area contributed by atoms with E-state index in [-0.39, 0.29) is 5.97 Å². The van der Waals surface area contributed by atoms with Gasteiger partial charge >= 0.3 is 5.97 Å². The van der Waals surface area contributed by atoms with Crippen LogP contribution >= 0.6 is 35.2 Å². The summed E-state index contributed by atoms with van der Waals surface area (Å²) in [7, 11) is 1.44. The molecule has 0 spiro atoms. The average Bonchev–Trinajstić information content (AvgIpc) is 3.10. The molecule has 1 aliphatic heterocycles. The Kier molecular flexibility index (Phi) is 6.51. The van der Waals surface area contributed by atoms with Crippen molar-refractivity contribution in [3.8, 4) is 0 Å². The number of nitrogens with one attached hydrogen (secondary N) is 1. The number of carbonyl (C=O) groups excluding carboxylic acids is 1. The molecule has 1 fully saturated rings. The lowest BCUT2D eigenvalue weighted by molar-refractivity contribution is 0.0601. The van der Waals surface area contributed by atoms with Crippen LogP contribution in [0.3, 0.4) is 0 Å². The van der Waals surface area contributed by atoms with E-state index in [1.54, 1.807) is 11.3 Å². The van der Waals surface area contributed by atoms with E-state index in [0.717, 1.165) is 61.0 Å². The van der Waals surface area contributed by atoms with Gasteiger partial charge in [0, 0.05) is 41.8 Å². The molecular weight excluding hydrogens is 438 g/mol. The number of hydrogen-bond acceptors (Lipinski definition) is 5. The summed E-state index contributed by atoms with van der Waals surface area (Å²) in [4.78, 5) is 18.3. The largest absolute Gasteiger partial charge is 0.465 e. The summed E-state index contributed by atoms with van der Waals surface area (Å²) in [5.74, 6) is 0.363. The maximum Gasteiger partial charge on any atom is 0.341 e. The molecule has 2 aliphatic rings. The van der Waals surface area contributed by atoms with E-state index in [0.29, 0.717) is 16.6 Å². The Morgan fingerprint density at radius 3 is 2.60 bits per heavy atom. The van der Waals surface area contributed by atoms with Crippen molar-refractivity contribution in [2.75, 3.05) is 43.5 Å². The Hall–Kier alpha value is -1.83. The maximum atomic E-state index is 12.5. The molecule has 1 aromatic carbocycles. The van der Waals surface area contributed by atoms with Gasteiger partial charge in [-0.05, 0) is 67.2 Å². The first kappa shape index (κ1) is 21.4. The minimum atomic E-state index is -0.278. The monoisotopic (exact) mass is 463 g/mol. The van der Waals surface area contributed by atoms with Crippen molar-refractivity contribution in [3.05, 3.63) is 45.3 Å². The highest BCUT2D eigenvalue weighted by molar-refractivity contribution is 7.80. The molecule has 30 heavy (non-hydrogen) atoms. The Morgan fingerprint density at radius 1 is 1.23 bits per heavy atom. The maximum absolute atomic E-state index is 12.5. The quantitative estimate of drug-likeness (QED) is 0.519. The number of halogens is 1. The van der Waals surface area contributed by atoms with Crippen LogP contribution in [0, 0.1) is 5.92 Å². The fourth-order valence-corrected chi connectivity index (χ4v) is 6.03. The average molecular weight is 464 g/mol. The third-order valence-electron chi connectivity index (χ3n) is 5.88. The number of methoxy groups -OCH3 is 1. The third-order valence-corrected chi connectivity index (χ3v) is 7.66. The van der Waals surface area contributed by atoms with Crippen molar-refractivity contribution in [3.63, 3.8) is 0 Å². The fourth-order valence-electron chi connectivity index (χ4n) is 4.15. The Morgan fingerprint density at radius 2 is 1.93 bits per heavy atom. The molecule has 2 aromatic rings. The van der Waals surface area contributed by atoms with Gasteiger partial charge in [-0.25, -0.2) is 4.79 Å². The molecule has 1 unspecified atom stereocenters. The minimum Gasteiger partial charge on any atom is -0.465 e. The van der Waals surface area contributed by atoms with Crippen LogP contribution in [0.25, 0.3) is 0 Å². The molecule has 5 nitrogen and oxygen atoms in total. The second-order valence-electron chi connectivity index (χ2n) is 7.93. The van der Waals surface area contributed by atoms with Crippen LogP contribution in [0.1, 0.15) is 34.1 Å². The van der Waals surface area contributed by atoms with Gasteiger partial charge in [0.05, 0.1) is 12.7 Å². The van der Waals surface area contributed by atoms with Crippen molar-refractivity contribution in [1.29, 1.82) is 0 Å². The zero-order chi connectivity index (χ0) is 21.3. The number of benzene rings is 1. The Bertz CT molecular complexity index is 937. The number of anilines is 2. The van der Waals surface area contributed by atoms with Gasteiger partial charge in [-0.3, -0.25) is 0 Å². The van der Waals surface area contributed by atoms with Crippen molar-refractivity contribution in [2.24, 2.45) is 5.92 Å². The van der Waals surface area contributed by atoms with Crippen molar-refractivity contribution < 1.29 is 9.53 Å². The first-order valence-electron chi connectivity index (χ1n) is 10.3. The molecular formula is C22H26ClN3O2S2. The van der Waals surface area contributed by atoms with Crippen LogP contribution in [0.5, 0.6) is 0 Å². The topological polar surface area (TPSA) is 44.8 Å². The van der Waals surface area contributed by atoms with Crippen molar-refractivity contribution in [1.82, 2.24) is 4.90 Å². The van der Waals surface area contributed by atoms with E-state index in [2.05, 4.69) is 22.0 Å². The number of carbonyl (C=O) groups is 1. The van der Waals surface area contributed by atoms with E-state index in [4.69, 9.17) is 28.6 Å². The smallest absolute Gasteiger partial charge is 0.341 e. The summed E-state index contributed by atoms with van der Waals surface area (Å²) in [6.45, 7) is 5.67. The zero-order valence-electron chi connectivity index (χ0n) is 17.2. The number of piperazine rings is 1. The zero-order valence-corrected chi connectivity index (χ0v) is 19.6.